The van der Waals surface area contributed by atoms with Crippen LogP contribution < -0.4 is 5.32 Å². The van der Waals surface area contributed by atoms with Gasteiger partial charge in [0, 0.05) is 20.1 Å². The lowest BCUT2D eigenvalue weighted by Gasteiger charge is -2.08. The summed E-state index contributed by atoms with van der Waals surface area (Å²) in [4.78, 5) is 16.7. The van der Waals surface area contributed by atoms with Gasteiger partial charge in [-0.2, -0.15) is 0 Å². The molecule has 0 fully saturated rings. The Morgan fingerprint density at radius 3 is 3.00 bits per heavy atom. The Morgan fingerprint density at radius 1 is 1.26 bits per heavy atom. The molecule has 23 heavy (non-hydrogen) atoms. The third kappa shape index (κ3) is 2.41. The molecule has 116 valence electrons. The maximum atomic E-state index is 12.4. The van der Waals surface area contributed by atoms with Crippen LogP contribution in [0.1, 0.15) is 10.5 Å². The minimum Gasteiger partial charge on any atom is -0.349 e. The van der Waals surface area contributed by atoms with Gasteiger partial charge in [0.05, 0.1) is 27.6 Å². The summed E-state index contributed by atoms with van der Waals surface area (Å²) in [7, 11) is 1.92. The quantitative estimate of drug-likeness (QED) is 0.627. The van der Waals surface area contributed by atoms with Gasteiger partial charge in [-0.15, -0.1) is 11.3 Å². The van der Waals surface area contributed by atoms with Gasteiger partial charge in [0.2, 0.25) is 0 Å². The number of aryl methyl sites for hydroxylation is 1. The molecule has 0 aliphatic carbocycles. The zero-order chi connectivity index (χ0) is 15.8. The van der Waals surface area contributed by atoms with E-state index in [1.807, 2.05) is 59.7 Å². The van der Waals surface area contributed by atoms with Crippen LogP contribution in [0.15, 0.2) is 48.1 Å². The Bertz CT molecular complexity index is 994. The molecule has 5 nitrogen and oxygen atoms in total. The van der Waals surface area contributed by atoms with Crippen LogP contribution in [0.3, 0.4) is 0 Å². The highest BCUT2D eigenvalue weighted by Crippen LogP contribution is 2.24. The first-order valence-corrected chi connectivity index (χ1v) is 8.33. The van der Waals surface area contributed by atoms with Crippen LogP contribution in [-0.2, 0) is 13.6 Å². The van der Waals surface area contributed by atoms with Crippen LogP contribution >= 0.6 is 11.3 Å². The molecule has 0 aliphatic rings. The van der Waals surface area contributed by atoms with Crippen molar-refractivity contribution in [2.75, 3.05) is 6.54 Å². The highest BCUT2D eigenvalue weighted by atomic mass is 32.1. The molecule has 0 atom stereocenters. The predicted molar refractivity (Wildman–Crippen MR) is 92.9 cm³/mol. The number of thiophene rings is 1. The van der Waals surface area contributed by atoms with E-state index in [9.17, 15) is 4.79 Å². The number of carbonyl (C=O) groups is 1. The number of nitrogens with one attached hydrogen (secondary N) is 1. The second-order valence-electron chi connectivity index (χ2n) is 5.44. The van der Waals surface area contributed by atoms with Crippen molar-refractivity contribution in [3.63, 3.8) is 0 Å². The number of amides is 1. The minimum absolute atomic E-state index is 0.0414. The molecule has 3 aromatic heterocycles. The molecule has 3 heterocycles. The van der Waals surface area contributed by atoms with E-state index in [1.54, 1.807) is 11.3 Å². The fourth-order valence-electron chi connectivity index (χ4n) is 2.84. The van der Waals surface area contributed by atoms with Crippen molar-refractivity contribution in [3.8, 4) is 0 Å². The number of rotatable bonds is 4. The molecule has 4 aromatic rings. The molecule has 0 saturated carbocycles. The number of carbonyl (C=O) groups excluding carboxylic acids is 1. The van der Waals surface area contributed by atoms with E-state index >= 15 is 0 Å². The lowest BCUT2D eigenvalue weighted by molar-refractivity contribution is 0.0944. The Kier molecular flexibility index (Phi) is 3.38. The fourth-order valence-corrected chi connectivity index (χ4v) is 3.69. The molecule has 0 radical (unpaired) electrons. The second kappa shape index (κ2) is 5.55. The van der Waals surface area contributed by atoms with Crippen LogP contribution in [0.4, 0.5) is 0 Å². The van der Waals surface area contributed by atoms with E-state index in [0.29, 0.717) is 18.8 Å². The smallest absolute Gasteiger partial charge is 0.268 e. The first-order valence-electron chi connectivity index (χ1n) is 7.45. The Morgan fingerprint density at radius 2 is 2.13 bits per heavy atom. The molecular formula is C17H16N4OS. The Labute approximate surface area is 137 Å². The lowest BCUT2D eigenvalue weighted by Crippen LogP contribution is -2.28. The number of aromatic nitrogens is 3. The average molecular weight is 324 g/mol. The van der Waals surface area contributed by atoms with Gasteiger partial charge in [0.1, 0.15) is 5.69 Å². The average Bonchev–Trinajstić information content (AvgIpc) is 3.24. The van der Waals surface area contributed by atoms with Gasteiger partial charge in [-0.1, -0.05) is 12.1 Å². The maximum absolute atomic E-state index is 12.4. The maximum Gasteiger partial charge on any atom is 0.268 e. The van der Waals surface area contributed by atoms with Gasteiger partial charge in [-0.25, -0.2) is 4.98 Å². The standard InChI is InChI=1S/C17H16N4OS/c1-20-14-6-9-23-16(14)10-15(20)17(22)18-7-8-21-11-19-12-4-2-3-5-13(12)21/h2-6,9-11H,7-8H2,1H3,(H,18,22). The van der Waals surface area contributed by atoms with Gasteiger partial charge >= 0.3 is 0 Å². The SMILES string of the molecule is Cn1c(C(=O)NCCn2cnc3ccccc32)cc2sccc21. The number of nitrogens with zero attached hydrogens (tertiary/aromatic N) is 3. The summed E-state index contributed by atoms with van der Waals surface area (Å²) in [5.74, 6) is -0.0414. The molecule has 0 bridgehead atoms. The van der Waals surface area contributed by atoms with E-state index < -0.39 is 0 Å². The summed E-state index contributed by atoms with van der Waals surface area (Å²) in [6.07, 6.45) is 1.81. The number of hydrogen-bond acceptors (Lipinski definition) is 3. The third-order valence-electron chi connectivity index (χ3n) is 4.06. The molecule has 1 amide bonds. The lowest BCUT2D eigenvalue weighted by atomic mass is 10.3. The van der Waals surface area contributed by atoms with Gasteiger partial charge < -0.3 is 14.5 Å². The van der Waals surface area contributed by atoms with E-state index in [-0.39, 0.29) is 5.91 Å². The summed E-state index contributed by atoms with van der Waals surface area (Å²) in [5.41, 5.74) is 3.85. The highest BCUT2D eigenvalue weighted by Gasteiger charge is 2.13. The molecule has 6 heteroatoms. The topological polar surface area (TPSA) is 51.9 Å². The van der Waals surface area contributed by atoms with Crippen molar-refractivity contribution in [1.29, 1.82) is 0 Å². The van der Waals surface area contributed by atoms with Crippen LogP contribution in [-0.4, -0.2) is 26.6 Å². The van der Waals surface area contributed by atoms with Crippen molar-refractivity contribution in [2.24, 2.45) is 7.05 Å². The summed E-state index contributed by atoms with van der Waals surface area (Å²) in [5, 5.41) is 5.03. The first kappa shape index (κ1) is 14.0. The van der Waals surface area contributed by atoms with Crippen molar-refractivity contribution >= 4 is 38.5 Å². The summed E-state index contributed by atoms with van der Waals surface area (Å²) >= 11 is 1.65. The number of fused-ring (bicyclic) bond motifs is 2. The van der Waals surface area contributed by atoms with E-state index in [4.69, 9.17) is 0 Å². The van der Waals surface area contributed by atoms with Gasteiger partial charge in [-0.05, 0) is 29.6 Å². The zero-order valence-corrected chi connectivity index (χ0v) is 13.5. The Balaban J connectivity index is 1.45. The number of para-hydroxylation sites is 2. The van der Waals surface area contributed by atoms with Gasteiger partial charge in [0.15, 0.2) is 0 Å². The molecule has 4 rings (SSSR count). The van der Waals surface area contributed by atoms with Crippen molar-refractivity contribution < 1.29 is 4.79 Å². The minimum atomic E-state index is -0.0414. The molecule has 0 aliphatic heterocycles. The van der Waals surface area contributed by atoms with E-state index in [2.05, 4.69) is 14.9 Å². The molecule has 1 N–H and O–H groups in total. The summed E-state index contributed by atoms with van der Waals surface area (Å²) in [6, 6.07) is 12.0. The summed E-state index contributed by atoms with van der Waals surface area (Å²) in [6.45, 7) is 1.27. The molecule has 0 unspecified atom stereocenters. The van der Waals surface area contributed by atoms with Crippen LogP contribution in [0.25, 0.3) is 21.3 Å². The second-order valence-corrected chi connectivity index (χ2v) is 6.39. The molecule has 0 spiro atoms. The zero-order valence-electron chi connectivity index (χ0n) is 12.7. The van der Waals surface area contributed by atoms with Gasteiger partial charge in [0.25, 0.3) is 5.91 Å². The first-order chi connectivity index (χ1) is 11.2. The number of benzene rings is 1. The summed E-state index contributed by atoms with van der Waals surface area (Å²) < 4.78 is 5.13. The Hall–Kier alpha value is -2.60. The number of imidazole rings is 1. The normalized spacial score (nSPS) is 11.3. The fraction of sp³-hybridized carbons (Fsp3) is 0.176. The largest absolute Gasteiger partial charge is 0.349 e. The monoisotopic (exact) mass is 324 g/mol. The molecular weight excluding hydrogens is 308 g/mol. The van der Waals surface area contributed by atoms with E-state index in [1.165, 1.54) is 0 Å². The van der Waals surface area contributed by atoms with Crippen LogP contribution in [0, 0.1) is 0 Å². The highest BCUT2D eigenvalue weighted by molar-refractivity contribution is 7.17. The molecule has 0 saturated heterocycles. The van der Waals surface area contributed by atoms with Crippen molar-refractivity contribution in [2.45, 2.75) is 6.54 Å². The third-order valence-corrected chi connectivity index (χ3v) is 4.92. The van der Waals surface area contributed by atoms with E-state index in [0.717, 1.165) is 21.3 Å². The van der Waals surface area contributed by atoms with Crippen molar-refractivity contribution in [1.82, 2.24) is 19.4 Å². The van der Waals surface area contributed by atoms with Crippen molar-refractivity contribution in [3.05, 3.63) is 53.8 Å². The predicted octanol–water partition coefficient (Wildman–Crippen LogP) is 3.02. The number of hydrogen-bond donors (Lipinski definition) is 1. The van der Waals surface area contributed by atoms with Gasteiger partial charge in [-0.3, -0.25) is 4.79 Å². The molecule has 1 aromatic carbocycles. The van der Waals surface area contributed by atoms with Crippen LogP contribution in [0.2, 0.25) is 0 Å². The van der Waals surface area contributed by atoms with Crippen LogP contribution in [0.5, 0.6) is 0 Å².